The highest BCUT2D eigenvalue weighted by Gasteiger charge is 2.09. The minimum absolute atomic E-state index is 0.163. The molecule has 2 unspecified atom stereocenters. The van der Waals surface area contributed by atoms with Crippen molar-refractivity contribution in [1.29, 1.82) is 0 Å². The minimum Gasteiger partial charge on any atom is -0.491 e. The Morgan fingerprint density at radius 2 is 2.04 bits per heavy atom. The van der Waals surface area contributed by atoms with Gasteiger partial charge in [-0.15, -0.1) is 0 Å². The number of nitrogens with zero attached hydrogens (tertiary/aromatic N) is 2. The maximum absolute atomic E-state index is 11.2. The lowest BCUT2D eigenvalue weighted by Crippen LogP contribution is -2.20. The SMILES string of the molecule is CO[SH](=O)=Nc1ccc(OCC(O)CSc2nc3ccccc3[nH]2)cc1. The second kappa shape index (κ2) is 9.04. The average Bonchev–Trinajstić information content (AvgIpc) is 3.08. The molecule has 0 aliphatic carbocycles. The molecule has 3 aromatic rings. The van der Waals surface area contributed by atoms with E-state index >= 15 is 0 Å². The van der Waals surface area contributed by atoms with Crippen molar-refractivity contribution in [2.24, 2.45) is 4.36 Å². The Kier molecular flexibility index (Phi) is 6.51. The van der Waals surface area contributed by atoms with Crippen LogP contribution in [0.1, 0.15) is 0 Å². The van der Waals surface area contributed by atoms with E-state index in [-0.39, 0.29) is 6.61 Å². The Labute approximate surface area is 157 Å². The number of aliphatic hydroxyl groups is 1. The summed E-state index contributed by atoms with van der Waals surface area (Å²) in [4.78, 5) is 7.66. The summed E-state index contributed by atoms with van der Waals surface area (Å²) >= 11 is 1.44. The summed E-state index contributed by atoms with van der Waals surface area (Å²) < 4.78 is 25.3. The Hall–Kier alpha value is -2.07. The second-order valence-corrected chi connectivity index (χ2v) is 7.40. The van der Waals surface area contributed by atoms with Crippen LogP contribution in [0.4, 0.5) is 5.69 Å². The number of aliphatic hydroxyl groups excluding tert-OH is 1. The summed E-state index contributed by atoms with van der Waals surface area (Å²) in [5, 5.41) is 10.9. The molecular formula is C17H19N3O4S2. The Morgan fingerprint density at radius 1 is 1.27 bits per heavy atom. The molecule has 0 aliphatic heterocycles. The number of thioether (sulfide) groups is 1. The predicted molar refractivity (Wildman–Crippen MR) is 103 cm³/mol. The Balaban J connectivity index is 1.47. The van der Waals surface area contributed by atoms with E-state index in [1.807, 2.05) is 24.3 Å². The van der Waals surface area contributed by atoms with E-state index in [4.69, 9.17) is 4.74 Å². The van der Waals surface area contributed by atoms with Crippen LogP contribution in [0.3, 0.4) is 0 Å². The molecule has 138 valence electrons. The number of hydrogen-bond acceptors (Lipinski definition) is 7. The molecule has 26 heavy (non-hydrogen) atoms. The highest BCUT2D eigenvalue weighted by Crippen LogP contribution is 2.21. The van der Waals surface area contributed by atoms with Crippen molar-refractivity contribution in [2.75, 3.05) is 19.5 Å². The van der Waals surface area contributed by atoms with Gasteiger partial charge in [0.2, 0.25) is 0 Å². The Morgan fingerprint density at radius 3 is 2.77 bits per heavy atom. The third-order valence-electron chi connectivity index (χ3n) is 3.41. The van der Waals surface area contributed by atoms with Gasteiger partial charge in [-0.2, -0.15) is 4.36 Å². The fourth-order valence-electron chi connectivity index (χ4n) is 2.16. The number of rotatable bonds is 8. The number of para-hydroxylation sites is 2. The molecule has 1 heterocycles. The monoisotopic (exact) mass is 393 g/mol. The smallest absolute Gasteiger partial charge is 0.166 e. The zero-order valence-corrected chi connectivity index (χ0v) is 15.7. The van der Waals surface area contributed by atoms with Crippen molar-refractivity contribution in [3.63, 3.8) is 0 Å². The molecule has 2 aromatic carbocycles. The molecule has 1 aromatic heterocycles. The number of fused-ring (bicyclic) bond motifs is 1. The molecule has 0 spiro atoms. The standard InChI is InChI=1S/C17H19N3O4S2/c1-23-26(22)20-12-6-8-14(9-7-12)24-10-13(21)11-25-17-18-15-4-2-3-5-16(15)19-17/h2-9,13,21,26H,10-11H2,1H3,(H,18,19). The molecule has 2 atom stereocenters. The van der Waals surface area contributed by atoms with Crippen molar-refractivity contribution in [2.45, 2.75) is 11.3 Å². The van der Waals surface area contributed by atoms with Gasteiger partial charge >= 0.3 is 0 Å². The van der Waals surface area contributed by atoms with Gasteiger partial charge < -0.3 is 14.8 Å². The number of imidazole rings is 1. The largest absolute Gasteiger partial charge is 0.491 e. The first-order chi connectivity index (χ1) is 12.6. The van der Waals surface area contributed by atoms with Gasteiger partial charge in [0.25, 0.3) is 0 Å². The molecule has 7 nitrogen and oxygen atoms in total. The summed E-state index contributed by atoms with van der Waals surface area (Å²) in [6.07, 6.45) is -0.638. The quantitative estimate of drug-likeness (QED) is 0.402. The molecule has 0 amide bonds. The van der Waals surface area contributed by atoms with Gasteiger partial charge in [-0.3, -0.25) is 4.18 Å². The van der Waals surface area contributed by atoms with Crippen molar-refractivity contribution in [1.82, 2.24) is 9.97 Å². The number of hydrogen-bond donors (Lipinski definition) is 3. The van der Waals surface area contributed by atoms with Crippen LogP contribution < -0.4 is 4.74 Å². The number of benzene rings is 2. The maximum Gasteiger partial charge on any atom is 0.166 e. The van der Waals surface area contributed by atoms with Gasteiger partial charge in [-0.25, -0.2) is 9.19 Å². The average molecular weight is 393 g/mol. The molecule has 0 fully saturated rings. The molecular weight excluding hydrogens is 374 g/mol. The van der Waals surface area contributed by atoms with Gasteiger partial charge in [0.1, 0.15) is 12.4 Å². The Bertz CT molecular complexity index is 904. The first-order valence-electron chi connectivity index (χ1n) is 7.85. The normalized spacial score (nSPS) is 13.8. The van der Waals surface area contributed by atoms with Crippen molar-refractivity contribution < 1.29 is 18.2 Å². The third kappa shape index (κ3) is 5.21. The zero-order chi connectivity index (χ0) is 18.4. The van der Waals surface area contributed by atoms with Crippen LogP contribution in [-0.4, -0.2) is 44.9 Å². The fourth-order valence-corrected chi connectivity index (χ4v) is 3.35. The number of nitrogens with one attached hydrogen (secondary N) is 1. The molecule has 9 heteroatoms. The summed E-state index contributed by atoms with van der Waals surface area (Å²) in [5.74, 6) is 1.06. The van der Waals surface area contributed by atoms with Gasteiger partial charge in [-0.1, -0.05) is 23.9 Å². The van der Waals surface area contributed by atoms with E-state index in [1.54, 1.807) is 24.3 Å². The van der Waals surface area contributed by atoms with E-state index in [0.29, 0.717) is 17.2 Å². The highest BCUT2D eigenvalue weighted by atomic mass is 32.2. The molecule has 3 rings (SSSR count). The summed E-state index contributed by atoms with van der Waals surface area (Å²) in [6, 6.07) is 14.6. The van der Waals surface area contributed by atoms with Gasteiger partial charge in [0.05, 0.1) is 29.9 Å². The summed E-state index contributed by atoms with van der Waals surface area (Å²) in [5.41, 5.74) is 2.42. The van der Waals surface area contributed by atoms with Gasteiger partial charge in [0.15, 0.2) is 16.0 Å². The molecule has 0 saturated carbocycles. The lowest BCUT2D eigenvalue weighted by molar-refractivity contribution is 0.126. The van der Waals surface area contributed by atoms with Gasteiger partial charge in [0, 0.05) is 5.75 Å². The van der Waals surface area contributed by atoms with Crippen LogP contribution in [0.5, 0.6) is 5.75 Å². The summed E-state index contributed by atoms with van der Waals surface area (Å²) in [7, 11) is -0.697. The molecule has 0 radical (unpaired) electrons. The number of H-pyrrole nitrogens is 1. The van der Waals surface area contributed by atoms with E-state index in [1.165, 1.54) is 18.9 Å². The van der Waals surface area contributed by atoms with E-state index in [9.17, 15) is 9.32 Å². The topological polar surface area (TPSA) is 96.8 Å². The number of aromatic amines is 1. The van der Waals surface area contributed by atoms with Crippen molar-refractivity contribution in [3.05, 3.63) is 48.5 Å². The van der Waals surface area contributed by atoms with Crippen LogP contribution in [0, 0.1) is 0 Å². The molecule has 0 aliphatic rings. The van der Waals surface area contributed by atoms with Gasteiger partial charge in [-0.05, 0) is 36.4 Å². The minimum atomic E-state index is -2.03. The van der Waals surface area contributed by atoms with Crippen LogP contribution in [0.15, 0.2) is 58.1 Å². The van der Waals surface area contributed by atoms with E-state index in [0.717, 1.165) is 16.2 Å². The maximum atomic E-state index is 11.2. The zero-order valence-electron chi connectivity index (χ0n) is 14.0. The molecule has 2 N–H and O–H groups in total. The predicted octanol–water partition coefficient (Wildman–Crippen LogP) is 2.95. The van der Waals surface area contributed by atoms with E-state index < -0.39 is 17.0 Å². The summed E-state index contributed by atoms with van der Waals surface area (Å²) in [6.45, 7) is 0.163. The number of thiol groups is 1. The highest BCUT2D eigenvalue weighted by molar-refractivity contribution is 7.99. The van der Waals surface area contributed by atoms with Crippen LogP contribution >= 0.6 is 11.8 Å². The van der Waals surface area contributed by atoms with Crippen LogP contribution in [-0.2, 0) is 15.1 Å². The number of ether oxygens (including phenoxy) is 1. The molecule has 0 bridgehead atoms. The van der Waals surface area contributed by atoms with Crippen LogP contribution in [0.2, 0.25) is 0 Å². The first-order valence-corrected chi connectivity index (χ1v) is 9.97. The number of aromatic nitrogens is 2. The van der Waals surface area contributed by atoms with Crippen LogP contribution in [0.25, 0.3) is 11.0 Å². The third-order valence-corrected chi connectivity index (χ3v) is 5.14. The van der Waals surface area contributed by atoms with Crippen molar-refractivity contribution in [3.8, 4) is 5.75 Å². The second-order valence-electron chi connectivity index (χ2n) is 5.35. The van der Waals surface area contributed by atoms with E-state index in [2.05, 4.69) is 18.5 Å². The fraction of sp³-hybridized carbons (Fsp3) is 0.235. The lowest BCUT2D eigenvalue weighted by atomic mass is 10.3. The lowest BCUT2D eigenvalue weighted by Gasteiger charge is -2.11. The first kappa shape index (κ1) is 18.7. The molecule has 0 saturated heterocycles. The van der Waals surface area contributed by atoms with Crippen molar-refractivity contribution >= 4 is 39.4 Å².